The molecule has 1 saturated heterocycles. The van der Waals surface area contributed by atoms with E-state index in [1.165, 1.54) is 0 Å². The third-order valence-electron chi connectivity index (χ3n) is 5.84. The minimum atomic E-state index is -0.350. The van der Waals surface area contributed by atoms with Crippen molar-refractivity contribution in [1.29, 1.82) is 0 Å². The first-order valence-electron chi connectivity index (χ1n) is 10.9. The van der Waals surface area contributed by atoms with E-state index in [4.69, 9.17) is 15.2 Å². The summed E-state index contributed by atoms with van der Waals surface area (Å²) in [5.41, 5.74) is 10.7. The van der Waals surface area contributed by atoms with E-state index in [1.807, 2.05) is 43.0 Å². The van der Waals surface area contributed by atoms with Gasteiger partial charge in [0.05, 0.1) is 31.6 Å². The molecule has 0 saturated carbocycles. The van der Waals surface area contributed by atoms with Gasteiger partial charge >= 0.3 is 0 Å². The van der Waals surface area contributed by atoms with Gasteiger partial charge in [0.1, 0.15) is 11.9 Å². The lowest BCUT2D eigenvalue weighted by molar-refractivity contribution is -0.139. The maximum atomic E-state index is 13.0. The van der Waals surface area contributed by atoms with E-state index in [2.05, 4.69) is 19.9 Å². The van der Waals surface area contributed by atoms with Crippen LogP contribution in [0, 0.1) is 13.8 Å². The van der Waals surface area contributed by atoms with Crippen molar-refractivity contribution in [3.8, 4) is 17.0 Å². The van der Waals surface area contributed by atoms with Crippen LogP contribution in [0.5, 0.6) is 5.75 Å². The number of anilines is 1. The lowest BCUT2D eigenvalue weighted by Crippen LogP contribution is -2.42. The summed E-state index contributed by atoms with van der Waals surface area (Å²) in [6.07, 6.45) is 3.90. The van der Waals surface area contributed by atoms with E-state index in [9.17, 15) is 4.79 Å². The molecule has 1 amide bonds. The first-order chi connectivity index (χ1) is 16.0. The quantitative estimate of drug-likeness (QED) is 0.612. The second-order valence-electron chi connectivity index (χ2n) is 7.95. The number of morpholine rings is 1. The molecule has 1 fully saturated rings. The van der Waals surface area contributed by atoms with E-state index in [0.717, 1.165) is 39.7 Å². The van der Waals surface area contributed by atoms with Crippen LogP contribution in [0.3, 0.4) is 0 Å². The zero-order chi connectivity index (χ0) is 23.4. The maximum absolute atomic E-state index is 13.0. The molecule has 0 unspecified atom stereocenters. The summed E-state index contributed by atoms with van der Waals surface area (Å²) in [5, 5.41) is 0. The number of rotatable bonds is 6. The van der Waals surface area contributed by atoms with Crippen LogP contribution in [0.25, 0.3) is 11.3 Å². The Morgan fingerprint density at radius 1 is 1.15 bits per heavy atom. The second-order valence-corrected chi connectivity index (χ2v) is 7.95. The molecule has 1 atom stereocenters. The van der Waals surface area contributed by atoms with Gasteiger partial charge in [-0.15, -0.1) is 0 Å². The molecule has 3 aromatic rings. The van der Waals surface area contributed by atoms with Gasteiger partial charge in [-0.25, -0.2) is 9.97 Å². The molecule has 2 aromatic heterocycles. The summed E-state index contributed by atoms with van der Waals surface area (Å²) in [6, 6.07) is 7.65. The van der Waals surface area contributed by atoms with Crippen molar-refractivity contribution in [3.63, 3.8) is 0 Å². The maximum Gasteiger partial charge on any atom is 0.223 e. The number of methoxy groups -OCH3 is 1. The van der Waals surface area contributed by atoms with Crippen molar-refractivity contribution in [3.05, 3.63) is 59.3 Å². The number of amides is 1. The van der Waals surface area contributed by atoms with Crippen LogP contribution in [-0.4, -0.2) is 57.5 Å². The van der Waals surface area contributed by atoms with Crippen molar-refractivity contribution in [2.24, 2.45) is 0 Å². The molecule has 0 spiro atoms. The number of nitrogens with zero attached hydrogens (tertiary/aromatic N) is 5. The fourth-order valence-corrected chi connectivity index (χ4v) is 4.11. The van der Waals surface area contributed by atoms with Crippen LogP contribution in [0.15, 0.2) is 36.7 Å². The molecule has 0 aliphatic carbocycles. The van der Waals surface area contributed by atoms with Crippen molar-refractivity contribution in [2.45, 2.75) is 32.8 Å². The molecule has 9 nitrogen and oxygen atoms in total. The Morgan fingerprint density at radius 2 is 1.85 bits per heavy atom. The van der Waals surface area contributed by atoms with E-state index in [0.29, 0.717) is 32.5 Å². The Bertz CT molecular complexity index is 1110. The highest BCUT2D eigenvalue weighted by Crippen LogP contribution is 2.30. The molecule has 4 rings (SSSR count). The molecule has 3 heterocycles. The van der Waals surface area contributed by atoms with Crippen LogP contribution in [-0.2, 0) is 16.0 Å². The van der Waals surface area contributed by atoms with Crippen molar-refractivity contribution in [1.82, 2.24) is 24.8 Å². The van der Waals surface area contributed by atoms with E-state index < -0.39 is 0 Å². The number of carbonyl (C=O) groups is 1. The first-order valence-corrected chi connectivity index (χ1v) is 10.9. The van der Waals surface area contributed by atoms with E-state index in [-0.39, 0.29) is 18.0 Å². The van der Waals surface area contributed by atoms with Crippen molar-refractivity contribution < 1.29 is 14.3 Å². The Labute approximate surface area is 193 Å². The van der Waals surface area contributed by atoms with Gasteiger partial charge in [0, 0.05) is 42.3 Å². The molecule has 1 aromatic carbocycles. The average Bonchev–Trinajstić information content (AvgIpc) is 2.83. The predicted molar refractivity (Wildman–Crippen MR) is 124 cm³/mol. The minimum Gasteiger partial charge on any atom is -0.497 e. The molecular formula is C24H28N6O3. The van der Waals surface area contributed by atoms with Gasteiger partial charge in [-0.2, -0.15) is 0 Å². The fourth-order valence-electron chi connectivity index (χ4n) is 4.11. The number of aryl methyl sites for hydroxylation is 2. The van der Waals surface area contributed by atoms with Crippen molar-refractivity contribution in [2.75, 3.05) is 32.5 Å². The van der Waals surface area contributed by atoms with Gasteiger partial charge in [-0.3, -0.25) is 14.8 Å². The monoisotopic (exact) mass is 448 g/mol. The van der Waals surface area contributed by atoms with Crippen LogP contribution in [0.2, 0.25) is 0 Å². The molecule has 9 heteroatoms. The second kappa shape index (κ2) is 9.91. The van der Waals surface area contributed by atoms with E-state index in [1.54, 1.807) is 19.5 Å². The normalized spacial score (nSPS) is 16.0. The zero-order valence-corrected chi connectivity index (χ0v) is 19.1. The van der Waals surface area contributed by atoms with Crippen LogP contribution >= 0.6 is 0 Å². The number of ether oxygens (including phenoxy) is 2. The van der Waals surface area contributed by atoms with Gasteiger partial charge in [0.15, 0.2) is 0 Å². The minimum absolute atomic E-state index is 0.0637. The zero-order valence-electron chi connectivity index (χ0n) is 19.1. The lowest BCUT2D eigenvalue weighted by atomic mass is 10.0. The molecule has 1 aliphatic heterocycles. The largest absolute Gasteiger partial charge is 0.497 e. The van der Waals surface area contributed by atoms with Crippen LogP contribution in [0.1, 0.15) is 35.2 Å². The predicted octanol–water partition coefficient (Wildman–Crippen LogP) is 2.67. The summed E-state index contributed by atoms with van der Waals surface area (Å²) in [6.45, 7) is 5.20. The summed E-state index contributed by atoms with van der Waals surface area (Å²) in [4.78, 5) is 32.4. The smallest absolute Gasteiger partial charge is 0.223 e. The third kappa shape index (κ3) is 5.09. The number of hydrogen-bond acceptors (Lipinski definition) is 8. The molecule has 0 radical (unpaired) electrons. The summed E-state index contributed by atoms with van der Waals surface area (Å²) < 4.78 is 11.3. The highest BCUT2D eigenvalue weighted by atomic mass is 16.5. The third-order valence-corrected chi connectivity index (χ3v) is 5.84. The molecule has 0 bridgehead atoms. The molecular weight excluding hydrogens is 420 g/mol. The average molecular weight is 449 g/mol. The Morgan fingerprint density at radius 3 is 2.55 bits per heavy atom. The van der Waals surface area contributed by atoms with Gasteiger partial charge in [0.2, 0.25) is 11.9 Å². The van der Waals surface area contributed by atoms with Crippen molar-refractivity contribution >= 4 is 11.9 Å². The lowest BCUT2D eigenvalue weighted by Gasteiger charge is -2.33. The SMILES string of the molecule is COc1ccc(-c2nccnc2[C@@H]2CN(C(=O)CCc3c(C)nc(N)nc3C)CCO2)cc1. The number of nitrogen functional groups attached to an aromatic ring is 1. The van der Waals surface area contributed by atoms with Gasteiger partial charge < -0.3 is 20.1 Å². The van der Waals surface area contributed by atoms with E-state index >= 15 is 0 Å². The molecule has 2 N–H and O–H groups in total. The Kier molecular flexibility index (Phi) is 6.79. The number of hydrogen-bond donors (Lipinski definition) is 1. The highest BCUT2D eigenvalue weighted by Gasteiger charge is 2.28. The number of carbonyl (C=O) groups excluding carboxylic acids is 1. The van der Waals surface area contributed by atoms with Gasteiger partial charge in [0.25, 0.3) is 0 Å². The topological polar surface area (TPSA) is 116 Å². The van der Waals surface area contributed by atoms with Crippen LogP contribution in [0.4, 0.5) is 5.95 Å². The number of benzene rings is 1. The van der Waals surface area contributed by atoms with Gasteiger partial charge in [-0.05, 0) is 50.1 Å². The highest BCUT2D eigenvalue weighted by molar-refractivity contribution is 5.76. The Hall–Kier alpha value is -3.59. The molecule has 172 valence electrons. The van der Waals surface area contributed by atoms with Crippen LogP contribution < -0.4 is 10.5 Å². The molecule has 1 aliphatic rings. The standard InChI is InChI=1S/C24H28N6O3/c1-15-19(16(2)29-24(25)28-15)8-9-21(31)30-12-13-33-20(14-30)23-22(26-10-11-27-23)17-4-6-18(32-3)7-5-17/h4-7,10-11,20H,8-9,12-14H2,1-3H3,(H2,25,28,29)/t20-/m0/s1. The first kappa shape index (κ1) is 22.6. The number of aromatic nitrogens is 4. The fraction of sp³-hybridized carbons (Fsp3) is 0.375. The number of nitrogens with two attached hydrogens (primary N) is 1. The van der Waals surface area contributed by atoms with Gasteiger partial charge in [-0.1, -0.05) is 0 Å². The summed E-state index contributed by atoms with van der Waals surface area (Å²) in [5.74, 6) is 1.09. The summed E-state index contributed by atoms with van der Waals surface area (Å²) >= 11 is 0. The summed E-state index contributed by atoms with van der Waals surface area (Å²) in [7, 11) is 1.63. The molecule has 33 heavy (non-hydrogen) atoms. The Balaban J connectivity index is 1.47.